The maximum Gasteiger partial charge on any atom is 0.242 e. The van der Waals surface area contributed by atoms with Crippen molar-refractivity contribution in [2.75, 3.05) is 13.2 Å². The van der Waals surface area contributed by atoms with Gasteiger partial charge in [0.25, 0.3) is 0 Å². The molecule has 0 aliphatic rings. The lowest BCUT2D eigenvalue weighted by Gasteiger charge is -2.31. The smallest absolute Gasteiger partial charge is 0.242 e. The van der Waals surface area contributed by atoms with Gasteiger partial charge in [-0.2, -0.15) is 0 Å². The summed E-state index contributed by atoms with van der Waals surface area (Å²) in [5.41, 5.74) is 0.750. The van der Waals surface area contributed by atoms with Crippen LogP contribution < -0.4 is 10.1 Å². The van der Waals surface area contributed by atoms with E-state index in [2.05, 4.69) is 5.32 Å². The Kier molecular flexibility index (Phi) is 10.8. The SMILES string of the molecule is CC[C@H](C(=O)NCC(C)C)N(Cc1ccc(Cl)cc1Cl)C(=O)CCCOc1ccccc1. The summed E-state index contributed by atoms with van der Waals surface area (Å²) in [6.07, 6.45) is 1.32. The van der Waals surface area contributed by atoms with Crippen molar-refractivity contribution in [1.82, 2.24) is 10.2 Å². The van der Waals surface area contributed by atoms with E-state index < -0.39 is 6.04 Å². The summed E-state index contributed by atoms with van der Waals surface area (Å²) in [5.74, 6) is 0.824. The molecule has 1 atom stereocenters. The number of amides is 2. The lowest BCUT2D eigenvalue weighted by Crippen LogP contribution is -2.49. The number of hydrogen-bond donors (Lipinski definition) is 1. The number of nitrogens with zero attached hydrogens (tertiary/aromatic N) is 1. The van der Waals surface area contributed by atoms with Crippen molar-refractivity contribution in [1.29, 1.82) is 0 Å². The molecule has 2 aromatic carbocycles. The highest BCUT2D eigenvalue weighted by Crippen LogP contribution is 2.24. The van der Waals surface area contributed by atoms with Crippen LogP contribution in [0.25, 0.3) is 0 Å². The number of nitrogens with one attached hydrogen (secondary N) is 1. The summed E-state index contributed by atoms with van der Waals surface area (Å²) in [6, 6.07) is 14.1. The van der Waals surface area contributed by atoms with Crippen molar-refractivity contribution in [2.24, 2.45) is 5.92 Å². The molecule has 2 aromatic rings. The van der Waals surface area contributed by atoms with Crippen molar-refractivity contribution in [3.63, 3.8) is 0 Å². The second-order valence-corrected chi connectivity index (χ2v) is 8.93. The van der Waals surface area contributed by atoms with Crippen LogP contribution in [0.4, 0.5) is 0 Å². The van der Waals surface area contributed by atoms with Gasteiger partial charge in [0.2, 0.25) is 11.8 Å². The topological polar surface area (TPSA) is 58.6 Å². The fraction of sp³-hybridized carbons (Fsp3) is 0.440. The highest BCUT2D eigenvalue weighted by Gasteiger charge is 2.28. The summed E-state index contributed by atoms with van der Waals surface area (Å²) in [4.78, 5) is 27.7. The molecule has 0 radical (unpaired) electrons. The number of para-hydroxylation sites is 1. The summed E-state index contributed by atoms with van der Waals surface area (Å²) in [5, 5.41) is 3.95. The van der Waals surface area contributed by atoms with Crippen LogP contribution in [0.15, 0.2) is 48.5 Å². The highest BCUT2D eigenvalue weighted by atomic mass is 35.5. The van der Waals surface area contributed by atoms with Gasteiger partial charge >= 0.3 is 0 Å². The summed E-state index contributed by atoms with van der Waals surface area (Å²) < 4.78 is 5.70. The van der Waals surface area contributed by atoms with Crippen molar-refractivity contribution >= 4 is 35.0 Å². The van der Waals surface area contributed by atoms with Crippen LogP contribution >= 0.6 is 23.2 Å². The third kappa shape index (κ3) is 8.36. The van der Waals surface area contributed by atoms with Crippen LogP contribution in [0, 0.1) is 5.92 Å². The zero-order valence-corrected chi connectivity index (χ0v) is 20.5. The van der Waals surface area contributed by atoms with Gasteiger partial charge in [0.1, 0.15) is 11.8 Å². The van der Waals surface area contributed by atoms with Gasteiger partial charge in [0, 0.05) is 29.6 Å². The lowest BCUT2D eigenvalue weighted by molar-refractivity contribution is -0.141. The molecule has 5 nitrogen and oxygen atoms in total. The van der Waals surface area contributed by atoms with Gasteiger partial charge in [-0.3, -0.25) is 9.59 Å². The van der Waals surface area contributed by atoms with Crippen LogP contribution in [-0.2, 0) is 16.1 Å². The Morgan fingerprint density at radius 3 is 2.44 bits per heavy atom. The average Bonchev–Trinajstić information content (AvgIpc) is 2.77. The van der Waals surface area contributed by atoms with Crippen LogP contribution in [0.5, 0.6) is 5.75 Å². The Bertz CT molecular complexity index is 875. The predicted octanol–water partition coefficient (Wildman–Crippen LogP) is 5.73. The van der Waals surface area contributed by atoms with E-state index in [1.54, 1.807) is 23.1 Å². The van der Waals surface area contributed by atoms with Crippen LogP contribution in [0.1, 0.15) is 45.6 Å². The maximum absolute atomic E-state index is 13.2. The molecule has 2 amide bonds. The number of hydrogen-bond acceptors (Lipinski definition) is 3. The van der Waals surface area contributed by atoms with E-state index in [0.29, 0.717) is 42.0 Å². The highest BCUT2D eigenvalue weighted by molar-refractivity contribution is 6.35. The summed E-state index contributed by atoms with van der Waals surface area (Å²) in [7, 11) is 0. The van der Waals surface area contributed by atoms with Gasteiger partial charge in [-0.1, -0.05) is 68.2 Å². The maximum atomic E-state index is 13.2. The molecule has 0 saturated heterocycles. The second kappa shape index (κ2) is 13.3. The van der Waals surface area contributed by atoms with E-state index in [4.69, 9.17) is 27.9 Å². The van der Waals surface area contributed by atoms with Gasteiger partial charge in [-0.05, 0) is 48.6 Å². The Morgan fingerprint density at radius 1 is 1.09 bits per heavy atom. The molecule has 1 N–H and O–H groups in total. The molecular formula is C25H32Cl2N2O3. The van der Waals surface area contributed by atoms with Crippen molar-refractivity contribution < 1.29 is 14.3 Å². The van der Waals surface area contributed by atoms with Gasteiger partial charge in [0.05, 0.1) is 6.61 Å². The molecule has 0 aliphatic carbocycles. The average molecular weight is 479 g/mol. The molecule has 0 aromatic heterocycles. The first-order chi connectivity index (χ1) is 15.3. The van der Waals surface area contributed by atoms with Gasteiger partial charge < -0.3 is 15.0 Å². The Morgan fingerprint density at radius 2 is 1.81 bits per heavy atom. The van der Waals surface area contributed by atoms with Crippen LogP contribution in [0.3, 0.4) is 0 Å². The fourth-order valence-electron chi connectivity index (χ4n) is 3.25. The first-order valence-electron chi connectivity index (χ1n) is 11.0. The molecule has 0 fully saturated rings. The molecule has 0 heterocycles. The van der Waals surface area contributed by atoms with Gasteiger partial charge in [-0.25, -0.2) is 0 Å². The molecule has 0 unspecified atom stereocenters. The number of carbonyl (C=O) groups excluding carboxylic acids is 2. The number of carbonyl (C=O) groups is 2. The molecular weight excluding hydrogens is 447 g/mol. The van der Waals surface area contributed by atoms with Crippen LogP contribution in [-0.4, -0.2) is 35.9 Å². The molecule has 0 bridgehead atoms. The monoisotopic (exact) mass is 478 g/mol. The Hall–Kier alpha value is -2.24. The van der Waals surface area contributed by atoms with Crippen molar-refractivity contribution in [3.05, 3.63) is 64.1 Å². The fourth-order valence-corrected chi connectivity index (χ4v) is 3.72. The third-order valence-electron chi connectivity index (χ3n) is 4.97. The second-order valence-electron chi connectivity index (χ2n) is 8.09. The summed E-state index contributed by atoms with van der Waals surface area (Å²) in [6.45, 7) is 7.18. The van der Waals surface area contributed by atoms with Gasteiger partial charge in [-0.15, -0.1) is 0 Å². The number of ether oxygens (including phenoxy) is 1. The molecule has 0 saturated carbocycles. The zero-order chi connectivity index (χ0) is 23.5. The van der Waals surface area contributed by atoms with Crippen molar-refractivity contribution in [2.45, 2.75) is 52.6 Å². The quantitative estimate of drug-likeness (QED) is 0.396. The van der Waals surface area contributed by atoms with E-state index in [1.807, 2.05) is 51.1 Å². The minimum absolute atomic E-state index is 0.112. The van der Waals surface area contributed by atoms with E-state index in [-0.39, 0.29) is 24.8 Å². The van der Waals surface area contributed by atoms with Crippen molar-refractivity contribution in [3.8, 4) is 5.75 Å². The van der Waals surface area contributed by atoms with E-state index >= 15 is 0 Å². The third-order valence-corrected chi connectivity index (χ3v) is 5.56. The molecule has 7 heteroatoms. The minimum atomic E-state index is -0.581. The Balaban J connectivity index is 2.10. The molecule has 32 heavy (non-hydrogen) atoms. The molecule has 174 valence electrons. The first-order valence-corrected chi connectivity index (χ1v) is 11.8. The normalized spacial score (nSPS) is 11.8. The molecule has 0 aliphatic heterocycles. The Labute approximate surface area is 201 Å². The largest absolute Gasteiger partial charge is 0.494 e. The van der Waals surface area contributed by atoms with E-state index in [9.17, 15) is 9.59 Å². The standard InChI is InChI=1S/C25H32Cl2N2O3/c1-4-23(25(31)28-16-18(2)3)29(17-19-12-13-20(26)15-22(19)27)24(30)11-8-14-32-21-9-6-5-7-10-21/h5-7,9-10,12-13,15,18,23H,4,8,11,14,16-17H2,1-3H3,(H,28,31)/t23-/m1/s1. The number of benzene rings is 2. The summed E-state index contributed by atoms with van der Waals surface area (Å²) >= 11 is 12.4. The lowest BCUT2D eigenvalue weighted by atomic mass is 10.1. The number of halogens is 2. The van der Waals surface area contributed by atoms with Crippen LogP contribution in [0.2, 0.25) is 10.0 Å². The first kappa shape index (κ1) is 26.0. The minimum Gasteiger partial charge on any atom is -0.494 e. The van der Waals surface area contributed by atoms with E-state index in [1.165, 1.54) is 0 Å². The molecule has 2 rings (SSSR count). The zero-order valence-electron chi connectivity index (χ0n) is 18.9. The van der Waals surface area contributed by atoms with E-state index in [0.717, 1.165) is 11.3 Å². The predicted molar refractivity (Wildman–Crippen MR) is 130 cm³/mol. The molecule has 0 spiro atoms. The van der Waals surface area contributed by atoms with Gasteiger partial charge in [0.15, 0.2) is 0 Å². The number of rotatable bonds is 12.